The third kappa shape index (κ3) is 3.64. The summed E-state index contributed by atoms with van der Waals surface area (Å²) in [5.41, 5.74) is 3.87. The summed E-state index contributed by atoms with van der Waals surface area (Å²) in [7, 11) is 0. The maximum Gasteiger partial charge on any atom is 0.254 e. The van der Waals surface area contributed by atoms with E-state index in [2.05, 4.69) is 22.5 Å². The summed E-state index contributed by atoms with van der Waals surface area (Å²) in [6.07, 6.45) is 0. The predicted octanol–water partition coefficient (Wildman–Crippen LogP) is 4.07. The highest BCUT2D eigenvalue weighted by Gasteiger charge is 2.23. The average Bonchev–Trinajstić information content (AvgIpc) is 3.14. The summed E-state index contributed by atoms with van der Waals surface area (Å²) in [4.78, 5) is 14.6. The molecule has 3 aromatic rings. The van der Waals surface area contributed by atoms with Gasteiger partial charge in [0.05, 0.1) is 23.9 Å². The summed E-state index contributed by atoms with van der Waals surface area (Å²) < 4.78 is 2.15. The molecule has 1 amide bonds. The number of hydrogen-bond donors (Lipinski definition) is 0. The van der Waals surface area contributed by atoms with E-state index in [-0.39, 0.29) is 5.91 Å². The second-order valence-corrected chi connectivity index (χ2v) is 6.98. The molecule has 0 saturated carbocycles. The van der Waals surface area contributed by atoms with Crippen LogP contribution in [0.3, 0.4) is 0 Å². The van der Waals surface area contributed by atoms with Crippen LogP contribution >= 0.6 is 11.6 Å². The standard InChI is InChI=1S/C23H16ClN3O/c24-20-6-2-3-17(14-20)7-8-21-9-10-22-16-26(11-12-27(21)22)23(28)19-5-1-4-18(13-19)15-25/h1-6,9-10,13-14H,11-12,16H2. The van der Waals surface area contributed by atoms with Gasteiger partial charge in [-0.1, -0.05) is 29.7 Å². The van der Waals surface area contributed by atoms with Crippen LogP contribution in [0.5, 0.6) is 0 Å². The molecule has 1 aliphatic heterocycles. The number of nitriles is 1. The minimum Gasteiger partial charge on any atom is -0.335 e. The molecule has 0 unspecified atom stereocenters. The van der Waals surface area contributed by atoms with Crippen LogP contribution in [0.2, 0.25) is 5.02 Å². The molecule has 4 rings (SSSR count). The molecule has 0 N–H and O–H groups in total. The number of amides is 1. The van der Waals surface area contributed by atoms with Crippen LogP contribution in [0.15, 0.2) is 60.7 Å². The number of fused-ring (bicyclic) bond motifs is 1. The fourth-order valence-electron chi connectivity index (χ4n) is 3.30. The van der Waals surface area contributed by atoms with Gasteiger partial charge >= 0.3 is 0 Å². The molecule has 0 fully saturated rings. The van der Waals surface area contributed by atoms with Crippen LogP contribution in [-0.2, 0) is 13.1 Å². The first kappa shape index (κ1) is 17.9. The molecule has 0 radical (unpaired) electrons. The summed E-state index contributed by atoms with van der Waals surface area (Å²) in [5.74, 6) is 6.29. The molecule has 1 aliphatic rings. The van der Waals surface area contributed by atoms with Crippen LogP contribution in [0, 0.1) is 23.2 Å². The number of hydrogen-bond acceptors (Lipinski definition) is 2. The van der Waals surface area contributed by atoms with Gasteiger partial charge in [0.1, 0.15) is 0 Å². The van der Waals surface area contributed by atoms with Crippen molar-refractivity contribution in [3.8, 4) is 17.9 Å². The Morgan fingerprint density at radius 2 is 1.79 bits per heavy atom. The number of benzene rings is 2. The Morgan fingerprint density at radius 3 is 2.61 bits per heavy atom. The lowest BCUT2D eigenvalue weighted by Gasteiger charge is -2.29. The van der Waals surface area contributed by atoms with Gasteiger partial charge < -0.3 is 9.47 Å². The highest BCUT2D eigenvalue weighted by molar-refractivity contribution is 6.30. The van der Waals surface area contributed by atoms with Crippen molar-refractivity contribution in [2.24, 2.45) is 0 Å². The van der Waals surface area contributed by atoms with E-state index in [0.29, 0.717) is 35.8 Å². The van der Waals surface area contributed by atoms with Crippen molar-refractivity contribution in [2.75, 3.05) is 6.54 Å². The number of carbonyl (C=O) groups excluding carboxylic acids is 1. The third-order valence-corrected chi connectivity index (χ3v) is 4.94. The van der Waals surface area contributed by atoms with E-state index in [1.54, 1.807) is 29.2 Å². The topological polar surface area (TPSA) is 49.0 Å². The van der Waals surface area contributed by atoms with E-state index >= 15 is 0 Å². The quantitative estimate of drug-likeness (QED) is 0.593. The van der Waals surface area contributed by atoms with Crippen molar-refractivity contribution in [1.29, 1.82) is 5.26 Å². The van der Waals surface area contributed by atoms with E-state index in [4.69, 9.17) is 16.9 Å². The lowest BCUT2D eigenvalue weighted by Crippen LogP contribution is -2.38. The van der Waals surface area contributed by atoms with Crippen LogP contribution in [0.1, 0.15) is 32.9 Å². The number of aromatic nitrogens is 1. The molecule has 0 aliphatic carbocycles. The Balaban J connectivity index is 1.53. The van der Waals surface area contributed by atoms with Crippen molar-refractivity contribution < 1.29 is 4.79 Å². The molecule has 5 heteroatoms. The molecule has 28 heavy (non-hydrogen) atoms. The fraction of sp³-hybridized carbons (Fsp3) is 0.130. The van der Waals surface area contributed by atoms with Crippen molar-refractivity contribution >= 4 is 17.5 Å². The Bertz CT molecular complexity index is 1160. The molecule has 2 heterocycles. The van der Waals surface area contributed by atoms with Crippen LogP contribution < -0.4 is 0 Å². The molecular formula is C23H16ClN3O. The second kappa shape index (κ2) is 7.64. The number of nitrogens with zero attached hydrogens (tertiary/aromatic N) is 3. The van der Waals surface area contributed by atoms with Crippen LogP contribution in [0.25, 0.3) is 0 Å². The normalized spacial score (nSPS) is 12.5. The van der Waals surface area contributed by atoms with E-state index in [0.717, 1.165) is 17.0 Å². The predicted molar refractivity (Wildman–Crippen MR) is 108 cm³/mol. The lowest BCUT2D eigenvalue weighted by molar-refractivity contribution is 0.0711. The van der Waals surface area contributed by atoms with E-state index in [9.17, 15) is 4.79 Å². The average molecular weight is 386 g/mol. The zero-order valence-electron chi connectivity index (χ0n) is 15.0. The lowest BCUT2D eigenvalue weighted by atomic mass is 10.1. The van der Waals surface area contributed by atoms with Gasteiger partial charge in [0.25, 0.3) is 5.91 Å². The Kier molecular flexibility index (Phi) is 4.89. The van der Waals surface area contributed by atoms with Gasteiger partial charge in [-0.25, -0.2) is 0 Å². The van der Waals surface area contributed by atoms with Crippen molar-refractivity contribution in [3.05, 3.63) is 93.8 Å². The first-order valence-corrected chi connectivity index (χ1v) is 9.27. The fourth-order valence-corrected chi connectivity index (χ4v) is 3.49. The summed E-state index contributed by atoms with van der Waals surface area (Å²) in [5, 5.41) is 9.70. The van der Waals surface area contributed by atoms with Crippen molar-refractivity contribution in [1.82, 2.24) is 9.47 Å². The zero-order valence-corrected chi connectivity index (χ0v) is 15.8. The van der Waals surface area contributed by atoms with Crippen LogP contribution in [-0.4, -0.2) is 21.9 Å². The Hall–Kier alpha value is -3.47. The molecule has 0 atom stereocenters. The van der Waals surface area contributed by atoms with E-state index in [1.807, 2.05) is 36.4 Å². The van der Waals surface area contributed by atoms with Gasteiger partial charge in [-0.3, -0.25) is 4.79 Å². The molecule has 1 aromatic heterocycles. The Labute approximate surface area is 168 Å². The number of rotatable bonds is 1. The number of halogens is 1. The summed E-state index contributed by atoms with van der Waals surface area (Å²) in [6.45, 7) is 1.81. The van der Waals surface area contributed by atoms with E-state index in [1.165, 1.54) is 0 Å². The minimum atomic E-state index is -0.0592. The molecular weight excluding hydrogens is 370 g/mol. The van der Waals surface area contributed by atoms with Crippen molar-refractivity contribution in [3.63, 3.8) is 0 Å². The van der Waals surface area contributed by atoms with Gasteiger partial charge in [-0.05, 0) is 54.5 Å². The largest absolute Gasteiger partial charge is 0.335 e. The zero-order chi connectivity index (χ0) is 19.5. The molecule has 0 bridgehead atoms. The first-order chi connectivity index (χ1) is 13.6. The summed E-state index contributed by atoms with van der Waals surface area (Å²) in [6, 6.07) is 20.4. The molecule has 2 aromatic carbocycles. The van der Waals surface area contributed by atoms with Crippen molar-refractivity contribution in [2.45, 2.75) is 13.1 Å². The smallest absolute Gasteiger partial charge is 0.254 e. The molecule has 4 nitrogen and oxygen atoms in total. The highest BCUT2D eigenvalue weighted by Crippen LogP contribution is 2.19. The monoisotopic (exact) mass is 385 g/mol. The molecule has 0 spiro atoms. The third-order valence-electron chi connectivity index (χ3n) is 4.70. The van der Waals surface area contributed by atoms with Gasteiger partial charge in [0, 0.05) is 34.9 Å². The molecule has 0 saturated heterocycles. The minimum absolute atomic E-state index is 0.0592. The summed E-state index contributed by atoms with van der Waals surface area (Å²) >= 11 is 6.01. The van der Waals surface area contributed by atoms with Gasteiger partial charge in [-0.15, -0.1) is 0 Å². The molecule has 136 valence electrons. The van der Waals surface area contributed by atoms with Gasteiger partial charge in [0.15, 0.2) is 0 Å². The van der Waals surface area contributed by atoms with Crippen LogP contribution in [0.4, 0.5) is 0 Å². The Morgan fingerprint density at radius 1 is 0.964 bits per heavy atom. The van der Waals surface area contributed by atoms with Gasteiger partial charge in [0.2, 0.25) is 0 Å². The van der Waals surface area contributed by atoms with E-state index < -0.39 is 0 Å². The highest BCUT2D eigenvalue weighted by atomic mass is 35.5. The maximum absolute atomic E-state index is 12.8. The number of carbonyl (C=O) groups is 1. The second-order valence-electron chi connectivity index (χ2n) is 6.54. The van der Waals surface area contributed by atoms with Gasteiger partial charge in [-0.2, -0.15) is 5.26 Å². The maximum atomic E-state index is 12.8. The first-order valence-electron chi connectivity index (χ1n) is 8.89. The SMILES string of the molecule is N#Cc1cccc(C(=O)N2CCn3c(C#Cc4cccc(Cl)c4)ccc3C2)c1.